The summed E-state index contributed by atoms with van der Waals surface area (Å²) in [6.07, 6.45) is 8.65. The molecule has 0 radical (unpaired) electrons. The fourth-order valence-corrected chi connectivity index (χ4v) is 5.06. The van der Waals surface area contributed by atoms with Gasteiger partial charge >= 0.3 is 0 Å². The van der Waals surface area contributed by atoms with E-state index >= 15 is 0 Å². The minimum atomic E-state index is -0.0605. The number of benzene rings is 2. The van der Waals surface area contributed by atoms with E-state index in [1.165, 1.54) is 38.9 Å². The average Bonchev–Trinajstić information content (AvgIpc) is 3.05. The zero-order valence-electron chi connectivity index (χ0n) is 18.7. The molecule has 2 aromatic heterocycles. The van der Waals surface area contributed by atoms with Crippen molar-refractivity contribution in [1.29, 1.82) is 0 Å². The molecule has 0 amide bonds. The summed E-state index contributed by atoms with van der Waals surface area (Å²) in [4.78, 5) is 8.69. The van der Waals surface area contributed by atoms with Crippen LogP contribution in [0.1, 0.15) is 56.4 Å². The van der Waals surface area contributed by atoms with Gasteiger partial charge in [0.2, 0.25) is 0 Å². The zero-order chi connectivity index (χ0) is 21.6. The lowest BCUT2D eigenvalue weighted by atomic mass is 9.72. The largest absolute Gasteiger partial charge is 0.264 e. The van der Waals surface area contributed by atoms with Gasteiger partial charge < -0.3 is 0 Å². The van der Waals surface area contributed by atoms with Crippen LogP contribution < -0.4 is 0 Å². The van der Waals surface area contributed by atoms with Gasteiger partial charge in [-0.05, 0) is 69.1 Å². The summed E-state index contributed by atoms with van der Waals surface area (Å²) in [6, 6.07) is 22.3. The number of hydrogen-bond acceptors (Lipinski definition) is 2. The van der Waals surface area contributed by atoms with E-state index in [4.69, 9.17) is 0 Å². The Labute approximate surface area is 185 Å². The van der Waals surface area contributed by atoms with Crippen LogP contribution in [0.4, 0.5) is 0 Å². The molecule has 1 aliphatic rings. The van der Waals surface area contributed by atoms with Crippen LogP contribution in [0.2, 0.25) is 0 Å². The highest BCUT2D eigenvalue weighted by atomic mass is 14.6. The molecule has 31 heavy (non-hydrogen) atoms. The minimum absolute atomic E-state index is 0.0531. The fraction of sp³-hybridized carbons (Fsp3) is 0.241. The Morgan fingerprint density at radius 1 is 0.742 bits per heavy atom. The Morgan fingerprint density at radius 3 is 2.06 bits per heavy atom. The van der Waals surface area contributed by atoms with Crippen LogP contribution in [0.15, 0.2) is 85.5 Å². The van der Waals surface area contributed by atoms with Gasteiger partial charge in [0.05, 0.1) is 0 Å². The summed E-state index contributed by atoms with van der Waals surface area (Å²) in [6.45, 7) is 9.30. The van der Waals surface area contributed by atoms with E-state index in [2.05, 4.69) is 86.2 Å². The normalized spacial score (nSPS) is 15.7. The van der Waals surface area contributed by atoms with Crippen molar-refractivity contribution in [2.75, 3.05) is 0 Å². The lowest BCUT2D eigenvalue weighted by Crippen LogP contribution is -2.24. The Balaban J connectivity index is 1.63. The van der Waals surface area contributed by atoms with E-state index in [1.807, 2.05) is 36.9 Å². The number of nitrogens with zero attached hydrogens (tertiary/aromatic N) is 2. The predicted molar refractivity (Wildman–Crippen MR) is 128 cm³/mol. The summed E-state index contributed by atoms with van der Waals surface area (Å²) >= 11 is 0. The van der Waals surface area contributed by atoms with Gasteiger partial charge in [-0.3, -0.25) is 9.97 Å². The predicted octanol–water partition coefficient (Wildman–Crippen LogP) is 7.17. The highest BCUT2D eigenvalue weighted by Gasteiger charge is 2.37. The van der Waals surface area contributed by atoms with Gasteiger partial charge in [0.25, 0.3) is 0 Å². The number of rotatable bonds is 4. The Bertz CT molecular complexity index is 1240. The fourth-order valence-electron chi connectivity index (χ4n) is 5.06. The highest BCUT2D eigenvalue weighted by Crippen LogP contribution is 2.51. The topological polar surface area (TPSA) is 25.8 Å². The lowest BCUT2D eigenvalue weighted by molar-refractivity contribution is 0.545. The molecule has 4 aromatic rings. The summed E-state index contributed by atoms with van der Waals surface area (Å²) in [5, 5.41) is 0. The van der Waals surface area contributed by atoms with Crippen LogP contribution in [0.5, 0.6) is 0 Å². The molecule has 0 aliphatic heterocycles. The van der Waals surface area contributed by atoms with Gasteiger partial charge in [-0.15, -0.1) is 0 Å². The van der Waals surface area contributed by atoms with Gasteiger partial charge in [-0.2, -0.15) is 0 Å². The van der Waals surface area contributed by atoms with Crippen molar-refractivity contribution >= 4 is 0 Å². The third-order valence-corrected chi connectivity index (χ3v) is 7.31. The van der Waals surface area contributed by atoms with Crippen LogP contribution >= 0.6 is 0 Å². The minimum Gasteiger partial charge on any atom is -0.264 e. The number of aromatic nitrogens is 2. The molecule has 5 rings (SSSR count). The molecule has 2 heterocycles. The summed E-state index contributed by atoms with van der Waals surface area (Å²) in [7, 11) is 0. The molecule has 0 N–H and O–H groups in total. The molecular weight excluding hydrogens is 376 g/mol. The maximum Gasteiger partial charge on any atom is 0.0346 e. The summed E-state index contributed by atoms with van der Waals surface area (Å²) in [5.41, 5.74) is 10.4. The quantitative estimate of drug-likeness (QED) is 0.360. The average molecular weight is 405 g/mol. The molecular formula is C29H28N2. The van der Waals surface area contributed by atoms with Crippen LogP contribution in [-0.2, 0) is 10.8 Å². The van der Waals surface area contributed by atoms with Crippen molar-refractivity contribution in [3.8, 4) is 22.3 Å². The second kappa shape index (κ2) is 7.16. The van der Waals surface area contributed by atoms with Crippen molar-refractivity contribution in [2.45, 2.75) is 44.9 Å². The van der Waals surface area contributed by atoms with E-state index in [0.717, 1.165) is 12.0 Å². The van der Waals surface area contributed by atoms with Gasteiger partial charge in [-0.1, -0.05) is 70.2 Å². The summed E-state index contributed by atoms with van der Waals surface area (Å²) < 4.78 is 0. The first kappa shape index (κ1) is 19.7. The van der Waals surface area contributed by atoms with E-state index in [1.54, 1.807) is 0 Å². The van der Waals surface area contributed by atoms with Crippen molar-refractivity contribution in [3.05, 3.63) is 108 Å². The smallest absolute Gasteiger partial charge is 0.0346 e. The van der Waals surface area contributed by atoms with Crippen molar-refractivity contribution in [2.24, 2.45) is 0 Å². The zero-order valence-corrected chi connectivity index (χ0v) is 18.7. The Hall–Kier alpha value is -3.26. The second-order valence-corrected chi connectivity index (χ2v) is 9.31. The van der Waals surface area contributed by atoms with Crippen molar-refractivity contribution in [3.63, 3.8) is 0 Å². The second-order valence-electron chi connectivity index (χ2n) is 9.31. The van der Waals surface area contributed by atoms with E-state index in [0.29, 0.717) is 0 Å². The Kier molecular flexibility index (Phi) is 4.55. The van der Waals surface area contributed by atoms with Gasteiger partial charge in [0.15, 0.2) is 0 Å². The molecule has 0 saturated heterocycles. The van der Waals surface area contributed by atoms with Crippen LogP contribution in [-0.4, -0.2) is 9.97 Å². The molecule has 2 nitrogen and oxygen atoms in total. The van der Waals surface area contributed by atoms with Crippen molar-refractivity contribution < 1.29 is 0 Å². The number of fused-ring (bicyclic) bond motifs is 3. The van der Waals surface area contributed by atoms with E-state index < -0.39 is 0 Å². The molecule has 154 valence electrons. The van der Waals surface area contributed by atoms with E-state index in [-0.39, 0.29) is 10.8 Å². The molecule has 1 aliphatic carbocycles. The van der Waals surface area contributed by atoms with Gasteiger partial charge in [0.1, 0.15) is 0 Å². The highest BCUT2D eigenvalue weighted by molar-refractivity contribution is 5.83. The number of pyridine rings is 2. The first-order chi connectivity index (χ1) is 14.9. The number of hydrogen-bond donors (Lipinski definition) is 0. The lowest BCUT2D eigenvalue weighted by Gasteiger charge is -2.31. The summed E-state index contributed by atoms with van der Waals surface area (Å²) in [5.74, 6) is 0. The van der Waals surface area contributed by atoms with Gasteiger partial charge in [0, 0.05) is 35.6 Å². The first-order valence-electron chi connectivity index (χ1n) is 11.1. The molecule has 1 atom stereocenters. The molecule has 0 spiro atoms. The third-order valence-electron chi connectivity index (χ3n) is 7.31. The van der Waals surface area contributed by atoms with Gasteiger partial charge in [-0.25, -0.2) is 0 Å². The van der Waals surface area contributed by atoms with Crippen LogP contribution in [0.25, 0.3) is 22.3 Å². The molecule has 0 bridgehead atoms. The molecule has 0 fully saturated rings. The molecule has 0 saturated carbocycles. The molecule has 1 unspecified atom stereocenters. The SMILES string of the molecule is CCC(C)(c1cccnc1)c1ccc2c(c1)C(C)(C)c1cc(-c3cccnc3)ccc1-2. The first-order valence-corrected chi connectivity index (χ1v) is 11.1. The van der Waals surface area contributed by atoms with Crippen molar-refractivity contribution in [1.82, 2.24) is 9.97 Å². The maximum absolute atomic E-state index is 4.39. The molecule has 2 aromatic carbocycles. The molecule has 2 heteroatoms. The third kappa shape index (κ3) is 3.01. The van der Waals surface area contributed by atoms with E-state index in [9.17, 15) is 0 Å². The Morgan fingerprint density at radius 2 is 1.42 bits per heavy atom. The monoisotopic (exact) mass is 404 g/mol. The maximum atomic E-state index is 4.39. The van der Waals surface area contributed by atoms with Crippen LogP contribution in [0, 0.1) is 0 Å². The standard InChI is InChI=1S/C29H28N2/c1-5-29(4,23-9-7-15-31-19-23)22-11-13-25-24-12-10-20(21-8-6-14-30-18-21)16-26(24)28(2,3)27(25)17-22/h6-19H,5H2,1-4H3. The van der Waals surface area contributed by atoms with Crippen LogP contribution in [0.3, 0.4) is 0 Å².